The van der Waals surface area contributed by atoms with Gasteiger partial charge in [0, 0.05) is 18.3 Å². The Morgan fingerprint density at radius 3 is 2.60 bits per heavy atom. The SMILES string of the molecule is CC(C)(C)CC(=O)NC1CCCC1CCl. The van der Waals surface area contributed by atoms with Crippen LogP contribution in [0.5, 0.6) is 0 Å². The van der Waals surface area contributed by atoms with E-state index in [2.05, 4.69) is 26.1 Å². The molecule has 2 nitrogen and oxygen atoms in total. The monoisotopic (exact) mass is 231 g/mol. The normalized spacial score (nSPS) is 26.7. The van der Waals surface area contributed by atoms with Gasteiger partial charge in [0.2, 0.25) is 5.91 Å². The molecular weight excluding hydrogens is 210 g/mol. The highest BCUT2D eigenvalue weighted by Crippen LogP contribution is 2.27. The van der Waals surface area contributed by atoms with E-state index in [1.54, 1.807) is 0 Å². The third-order valence-corrected chi connectivity index (χ3v) is 3.29. The van der Waals surface area contributed by atoms with Crippen molar-refractivity contribution in [2.75, 3.05) is 5.88 Å². The fourth-order valence-electron chi connectivity index (χ4n) is 2.15. The van der Waals surface area contributed by atoms with Gasteiger partial charge in [0.1, 0.15) is 0 Å². The number of nitrogens with one attached hydrogen (secondary N) is 1. The van der Waals surface area contributed by atoms with Crippen molar-refractivity contribution in [3.63, 3.8) is 0 Å². The van der Waals surface area contributed by atoms with E-state index in [-0.39, 0.29) is 11.3 Å². The van der Waals surface area contributed by atoms with E-state index in [4.69, 9.17) is 11.6 Å². The zero-order valence-electron chi connectivity index (χ0n) is 9.98. The molecule has 1 aliphatic carbocycles. The fraction of sp³-hybridized carbons (Fsp3) is 0.917. The average Bonchev–Trinajstić information content (AvgIpc) is 2.48. The molecule has 0 heterocycles. The van der Waals surface area contributed by atoms with Gasteiger partial charge >= 0.3 is 0 Å². The lowest BCUT2D eigenvalue weighted by Crippen LogP contribution is -2.39. The summed E-state index contributed by atoms with van der Waals surface area (Å²) >= 11 is 5.87. The summed E-state index contributed by atoms with van der Waals surface area (Å²) in [7, 11) is 0. The third-order valence-electron chi connectivity index (χ3n) is 2.89. The van der Waals surface area contributed by atoms with Crippen LogP contribution in [0, 0.1) is 11.3 Å². The van der Waals surface area contributed by atoms with Crippen LogP contribution >= 0.6 is 11.6 Å². The Bertz CT molecular complexity index is 222. The van der Waals surface area contributed by atoms with Crippen molar-refractivity contribution in [3.8, 4) is 0 Å². The minimum atomic E-state index is 0.0686. The summed E-state index contributed by atoms with van der Waals surface area (Å²) in [6.07, 6.45) is 4.04. The quantitative estimate of drug-likeness (QED) is 0.744. The predicted molar refractivity (Wildman–Crippen MR) is 64.1 cm³/mol. The molecule has 1 aliphatic rings. The molecule has 3 heteroatoms. The smallest absolute Gasteiger partial charge is 0.220 e. The van der Waals surface area contributed by atoms with Crippen LogP contribution in [0.4, 0.5) is 0 Å². The number of carbonyl (C=O) groups is 1. The molecule has 0 aromatic carbocycles. The molecular formula is C12H22ClNO. The highest BCUT2D eigenvalue weighted by atomic mass is 35.5. The van der Waals surface area contributed by atoms with E-state index >= 15 is 0 Å². The zero-order valence-corrected chi connectivity index (χ0v) is 10.7. The molecule has 0 aromatic rings. The summed E-state index contributed by atoms with van der Waals surface area (Å²) < 4.78 is 0. The molecule has 0 radical (unpaired) electrons. The van der Waals surface area contributed by atoms with Crippen molar-refractivity contribution < 1.29 is 4.79 Å². The molecule has 1 rings (SSSR count). The second-order valence-electron chi connectivity index (χ2n) is 5.76. The van der Waals surface area contributed by atoms with Gasteiger partial charge in [-0.2, -0.15) is 0 Å². The zero-order chi connectivity index (χ0) is 11.5. The third kappa shape index (κ3) is 4.42. The molecule has 1 fully saturated rings. The van der Waals surface area contributed by atoms with Gasteiger partial charge in [0.25, 0.3) is 0 Å². The maximum atomic E-state index is 11.7. The Hall–Kier alpha value is -0.240. The van der Waals surface area contributed by atoms with Crippen LogP contribution in [0.15, 0.2) is 0 Å². The first-order chi connectivity index (χ1) is 6.92. The van der Waals surface area contributed by atoms with E-state index in [0.717, 1.165) is 12.8 Å². The number of hydrogen-bond acceptors (Lipinski definition) is 1. The summed E-state index contributed by atoms with van der Waals surface area (Å²) in [6.45, 7) is 6.25. The van der Waals surface area contributed by atoms with Crippen molar-refractivity contribution in [1.82, 2.24) is 5.32 Å². The number of carbonyl (C=O) groups excluding carboxylic acids is 1. The van der Waals surface area contributed by atoms with Gasteiger partial charge in [-0.25, -0.2) is 0 Å². The highest BCUT2D eigenvalue weighted by molar-refractivity contribution is 6.18. The van der Waals surface area contributed by atoms with Gasteiger partial charge in [0.05, 0.1) is 0 Å². The average molecular weight is 232 g/mol. The van der Waals surface area contributed by atoms with Gasteiger partial charge in [-0.15, -0.1) is 11.6 Å². The maximum absolute atomic E-state index is 11.7. The van der Waals surface area contributed by atoms with Crippen molar-refractivity contribution in [1.29, 1.82) is 0 Å². The number of amides is 1. The summed E-state index contributed by atoms with van der Waals surface area (Å²) in [5.74, 6) is 1.32. The first-order valence-corrected chi connectivity index (χ1v) is 6.31. The van der Waals surface area contributed by atoms with Crippen molar-refractivity contribution >= 4 is 17.5 Å². The van der Waals surface area contributed by atoms with Crippen LogP contribution in [0.25, 0.3) is 0 Å². The summed E-state index contributed by atoms with van der Waals surface area (Å²) in [4.78, 5) is 11.7. The standard InChI is InChI=1S/C12H22ClNO/c1-12(2,3)7-11(15)14-10-6-4-5-9(10)8-13/h9-10H,4-8H2,1-3H3,(H,14,15). The van der Waals surface area contributed by atoms with E-state index in [1.165, 1.54) is 6.42 Å². The Morgan fingerprint density at radius 2 is 2.07 bits per heavy atom. The minimum absolute atomic E-state index is 0.0686. The van der Waals surface area contributed by atoms with E-state index in [0.29, 0.717) is 24.3 Å². The van der Waals surface area contributed by atoms with Crippen molar-refractivity contribution in [3.05, 3.63) is 0 Å². The second kappa shape index (κ2) is 5.20. The number of hydrogen-bond donors (Lipinski definition) is 1. The molecule has 2 unspecified atom stereocenters. The second-order valence-corrected chi connectivity index (χ2v) is 6.07. The number of alkyl halides is 1. The molecule has 1 N–H and O–H groups in total. The topological polar surface area (TPSA) is 29.1 Å². The van der Waals surface area contributed by atoms with Gasteiger partial charge in [-0.05, 0) is 24.2 Å². The Kier molecular flexibility index (Phi) is 4.45. The lowest BCUT2D eigenvalue weighted by molar-refractivity contribution is -0.123. The first-order valence-electron chi connectivity index (χ1n) is 5.78. The molecule has 1 amide bonds. The molecule has 1 saturated carbocycles. The van der Waals surface area contributed by atoms with E-state index < -0.39 is 0 Å². The van der Waals surface area contributed by atoms with Gasteiger partial charge in [0.15, 0.2) is 0 Å². The predicted octanol–water partition coefficient (Wildman–Crippen LogP) is 2.95. The first kappa shape index (κ1) is 12.8. The summed E-state index contributed by atoms with van der Waals surface area (Å²) in [5.41, 5.74) is 0.0686. The van der Waals surface area contributed by atoms with Gasteiger partial charge in [-0.1, -0.05) is 27.2 Å². The Labute approximate surface area is 97.8 Å². The lowest BCUT2D eigenvalue weighted by atomic mass is 9.91. The Balaban J connectivity index is 2.37. The fourth-order valence-corrected chi connectivity index (χ4v) is 2.52. The van der Waals surface area contributed by atoms with Crippen LogP contribution in [0.1, 0.15) is 46.5 Å². The van der Waals surface area contributed by atoms with Crippen molar-refractivity contribution in [2.45, 2.75) is 52.5 Å². The molecule has 0 aromatic heterocycles. The number of rotatable bonds is 3. The van der Waals surface area contributed by atoms with E-state index in [9.17, 15) is 4.79 Å². The summed E-state index contributed by atoms with van der Waals surface area (Å²) in [5, 5.41) is 3.11. The van der Waals surface area contributed by atoms with Crippen LogP contribution in [-0.4, -0.2) is 17.8 Å². The van der Waals surface area contributed by atoms with Crippen molar-refractivity contribution in [2.24, 2.45) is 11.3 Å². The molecule has 0 bridgehead atoms. The number of halogens is 1. The van der Waals surface area contributed by atoms with Crippen LogP contribution in [-0.2, 0) is 4.79 Å². The van der Waals surface area contributed by atoms with Gasteiger partial charge in [-0.3, -0.25) is 4.79 Å². The van der Waals surface area contributed by atoms with Crippen LogP contribution in [0.3, 0.4) is 0 Å². The summed E-state index contributed by atoms with van der Waals surface area (Å²) in [6, 6.07) is 0.317. The van der Waals surface area contributed by atoms with Crippen LogP contribution < -0.4 is 5.32 Å². The van der Waals surface area contributed by atoms with Gasteiger partial charge < -0.3 is 5.32 Å². The molecule has 0 spiro atoms. The van der Waals surface area contributed by atoms with Crippen LogP contribution in [0.2, 0.25) is 0 Å². The minimum Gasteiger partial charge on any atom is -0.353 e. The molecule has 15 heavy (non-hydrogen) atoms. The molecule has 0 saturated heterocycles. The Morgan fingerprint density at radius 1 is 1.40 bits per heavy atom. The van der Waals surface area contributed by atoms with E-state index in [1.807, 2.05) is 0 Å². The molecule has 0 aliphatic heterocycles. The highest BCUT2D eigenvalue weighted by Gasteiger charge is 2.28. The molecule has 88 valence electrons. The molecule has 2 atom stereocenters. The maximum Gasteiger partial charge on any atom is 0.220 e. The lowest BCUT2D eigenvalue weighted by Gasteiger charge is -2.22. The largest absolute Gasteiger partial charge is 0.353 e.